The third-order valence-electron chi connectivity index (χ3n) is 4.21. The van der Waals surface area contributed by atoms with E-state index in [1.54, 1.807) is 0 Å². The van der Waals surface area contributed by atoms with Gasteiger partial charge in [0.25, 0.3) is 0 Å². The van der Waals surface area contributed by atoms with Crippen molar-refractivity contribution >= 4 is 23.4 Å². The van der Waals surface area contributed by atoms with E-state index in [9.17, 15) is 0 Å². The molecule has 1 aliphatic rings. The molecule has 0 spiro atoms. The molecule has 0 aliphatic carbocycles. The van der Waals surface area contributed by atoms with E-state index in [4.69, 9.17) is 17.0 Å². The number of nitrogens with one attached hydrogen (secondary N) is 1. The fourth-order valence-electron chi connectivity index (χ4n) is 3.08. The summed E-state index contributed by atoms with van der Waals surface area (Å²) < 4.78 is 10.7. The summed E-state index contributed by atoms with van der Waals surface area (Å²) in [4.78, 5) is 5.73. The number of aromatic nitrogens is 4. The Bertz CT molecular complexity index is 685. The molecule has 0 saturated carbocycles. The zero-order chi connectivity index (χ0) is 15.0. The maximum atomic E-state index is 5.91. The normalized spacial score (nSPS) is 20.4. The molecule has 21 heavy (non-hydrogen) atoms. The molecule has 1 unspecified atom stereocenters. The van der Waals surface area contributed by atoms with Gasteiger partial charge >= 0.3 is 0 Å². The number of imidazole rings is 1. The minimum absolute atomic E-state index is 0.185. The highest BCUT2D eigenvalue weighted by Crippen LogP contribution is 2.19. The van der Waals surface area contributed by atoms with Crippen molar-refractivity contribution in [1.29, 1.82) is 0 Å². The second kappa shape index (κ2) is 5.90. The van der Waals surface area contributed by atoms with Gasteiger partial charge in [0.05, 0.1) is 24.9 Å². The highest BCUT2D eigenvalue weighted by atomic mass is 32.1. The molecule has 1 aliphatic heterocycles. The van der Waals surface area contributed by atoms with Crippen LogP contribution in [0.3, 0.4) is 0 Å². The number of ether oxygens (including phenoxy) is 1. The first-order chi connectivity index (χ1) is 10.1. The third-order valence-corrected chi connectivity index (χ3v) is 4.54. The predicted molar refractivity (Wildman–Crippen MR) is 85.1 cm³/mol. The van der Waals surface area contributed by atoms with Crippen molar-refractivity contribution in [3.63, 3.8) is 0 Å². The molecule has 2 aromatic rings. The van der Waals surface area contributed by atoms with E-state index < -0.39 is 0 Å². The summed E-state index contributed by atoms with van der Waals surface area (Å²) >= 11 is 5.50. The lowest BCUT2D eigenvalue weighted by atomic mass is 10.2. The minimum atomic E-state index is 0.185. The van der Waals surface area contributed by atoms with Gasteiger partial charge in [-0.25, -0.2) is 0 Å². The summed E-state index contributed by atoms with van der Waals surface area (Å²) in [7, 11) is 1.97. The SMILES string of the molecule is CCc1nn(C)c2c1[nH]c(=S)n2CC1CN(CC)CCO1. The fourth-order valence-corrected chi connectivity index (χ4v) is 3.34. The Morgan fingerprint density at radius 1 is 1.43 bits per heavy atom. The Hall–Kier alpha value is -1.18. The smallest absolute Gasteiger partial charge is 0.179 e. The number of aryl methyl sites for hydroxylation is 2. The number of H-pyrrole nitrogens is 1. The van der Waals surface area contributed by atoms with Crippen LogP contribution in [-0.4, -0.2) is 56.6 Å². The van der Waals surface area contributed by atoms with E-state index in [-0.39, 0.29) is 6.10 Å². The first-order valence-electron chi connectivity index (χ1n) is 7.62. The van der Waals surface area contributed by atoms with Crippen molar-refractivity contribution < 1.29 is 4.74 Å². The summed E-state index contributed by atoms with van der Waals surface area (Å²) in [5, 5.41) is 4.56. The molecule has 3 heterocycles. The average molecular weight is 309 g/mol. The molecule has 1 fully saturated rings. The van der Waals surface area contributed by atoms with Gasteiger partial charge in [-0.1, -0.05) is 13.8 Å². The number of hydrogen-bond acceptors (Lipinski definition) is 4. The number of morpholine rings is 1. The lowest BCUT2D eigenvalue weighted by Gasteiger charge is -2.32. The monoisotopic (exact) mass is 309 g/mol. The maximum Gasteiger partial charge on any atom is 0.179 e. The predicted octanol–water partition coefficient (Wildman–Crippen LogP) is 1.72. The lowest BCUT2D eigenvalue weighted by Crippen LogP contribution is -2.44. The topological polar surface area (TPSA) is 51.0 Å². The van der Waals surface area contributed by atoms with Crippen molar-refractivity contribution in [3.05, 3.63) is 10.5 Å². The Kier molecular flexibility index (Phi) is 4.14. The van der Waals surface area contributed by atoms with Crippen LogP contribution in [0.4, 0.5) is 0 Å². The fraction of sp³-hybridized carbons (Fsp3) is 0.714. The second-order valence-electron chi connectivity index (χ2n) is 5.55. The highest BCUT2D eigenvalue weighted by Gasteiger charge is 2.22. The highest BCUT2D eigenvalue weighted by molar-refractivity contribution is 7.71. The van der Waals surface area contributed by atoms with Crippen LogP contribution in [0.2, 0.25) is 0 Å². The summed E-state index contributed by atoms with van der Waals surface area (Å²) in [5.41, 5.74) is 3.19. The van der Waals surface area contributed by atoms with E-state index in [0.29, 0.717) is 0 Å². The molecule has 6 nitrogen and oxygen atoms in total. The van der Waals surface area contributed by atoms with Crippen molar-refractivity contribution in [2.45, 2.75) is 32.9 Å². The molecule has 0 aromatic carbocycles. The Morgan fingerprint density at radius 2 is 2.24 bits per heavy atom. The average Bonchev–Trinajstić information content (AvgIpc) is 2.97. The van der Waals surface area contributed by atoms with Gasteiger partial charge < -0.3 is 9.72 Å². The van der Waals surface area contributed by atoms with Crippen LogP contribution < -0.4 is 0 Å². The van der Waals surface area contributed by atoms with Crippen molar-refractivity contribution in [1.82, 2.24) is 24.2 Å². The van der Waals surface area contributed by atoms with Crippen molar-refractivity contribution in [3.8, 4) is 0 Å². The summed E-state index contributed by atoms with van der Waals surface area (Å²) in [6, 6.07) is 0. The van der Waals surface area contributed by atoms with Crippen LogP contribution >= 0.6 is 12.2 Å². The Balaban J connectivity index is 1.91. The Labute approximate surface area is 129 Å². The van der Waals surface area contributed by atoms with Crippen LogP contribution in [0.15, 0.2) is 0 Å². The van der Waals surface area contributed by atoms with Crippen LogP contribution in [0.5, 0.6) is 0 Å². The maximum absolute atomic E-state index is 5.91. The van der Waals surface area contributed by atoms with Gasteiger partial charge in [-0.15, -0.1) is 0 Å². The molecule has 3 rings (SSSR count). The molecule has 1 N–H and O–H groups in total. The van der Waals surface area contributed by atoms with Crippen molar-refractivity contribution in [2.75, 3.05) is 26.2 Å². The third kappa shape index (κ3) is 2.65. The number of likely N-dealkylation sites (N-methyl/N-ethyl adjacent to an activating group) is 1. The number of hydrogen-bond donors (Lipinski definition) is 1. The van der Waals surface area contributed by atoms with Gasteiger partial charge in [0.15, 0.2) is 10.4 Å². The molecular formula is C14H23N5OS. The Morgan fingerprint density at radius 3 is 2.95 bits per heavy atom. The molecule has 1 atom stereocenters. The molecule has 0 radical (unpaired) electrons. The van der Waals surface area contributed by atoms with E-state index >= 15 is 0 Å². The summed E-state index contributed by atoms with van der Waals surface area (Å²) in [6.07, 6.45) is 1.08. The zero-order valence-electron chi connectivity index (χ0n) is 12.9. The van der Waals surface area contributed by atoms with Gasteiger partial charge in [-0.05, 0) is 25.2 Å². The van der Waals surface area contributed by atoms with Gasteiger partial charge in [0, 0.05) is 20.1 Å². The summed E-state index contributed by atoms with van der Waals surface area (Å²) in [5.74, 6) is 0. The van der Waals surface area contributed by atoms with Gasteiger partial charge in [-0.2, -0.15) is 5.10 Å². The van der Waals surface area contributed by atoms with Gasteiger partial charge in [0.1, 0.15) is 5.52 Å². The molecule has 0 bridgehead atoms. The summed E-state index contributed by atoms with van der Waals surface area (Å²) in [6.45, 7) is 8.93. The van der Waals surface area contributed by atoms with E-state index in [2.05, 4.69) is 33.4 Å². The van der Waals surface area contributed by atoms with Gasteiger partial charge in [-0.3, -0.25) is 14.1 Å². The van der Waals surface area contributed by atoms with Crippen LogP contribution in [-0.2, 0) is 24.8 Å². The minimum Gasteiger partial charge on any atom is -0.374 e. The van der Waals surface area contributed by atoms with Gasteiger partial charge in [0.2, 0.25) is 0 Å². The first kappa shape index (κ1) is 14.7. The van der Waals surface area contributed by atoms with Crippen molar-refractivity contribution in [2.24, 2.45) is 7.05 Å². The number of nitrogens with zero attached hydrogens (tertiary/aromatic N) is 4. The van der Waals surface area contributed by atoms with E-state index in [1.165, 1.54) is 0 Å². The first-order valence-corrected chi connectivity index (χ1v) is 8.03. The quantitative estimate of drug-likeness (QED) is 0.874. The van der Waals surface area contributed by atoms with E-state index in [0.717, 1.165) is 60.8 Å². The molecule has 2 aromatic heterocycles. The second-order valence-corrected chi connectivity index (χ2v) is 5.94. The zero-order valence-corrected chi connectivity index (χ0v) is 13.7. The van der Waals surface area contributed by atoms with Crippen LogP contribution in [0.1, 0.15) is 19.5 Å². The van der Waals surface area contributed by atoms with E-state index in [1.807, 2.05) is 11.7 Å². The molecule has 116 valence electrons. The van der Waals surface area contributed by atoms with Crippen LogP contribution in [0, 0.1) is 4.77 Å². The number of fused-ring (bicyclic) bond motifs is 1. The van der Waals surface area contributed by atoms with Crippen LogP contribution in [0.25, 0.3) is 11.2 Å². The lowest BCUT2D eigenvalue weighted by molar-refractivity contribution is -0.0340. The molecule has 1 saturated heterocycles. The standard InChI is InChI=1S/C14H23N5OS/c1-4-11-12-13(17(3)16-11)19(14(21)15-12)9-10-8-18(5-2)6-7-20-10/h10H,4-9H2,1-3H3,(H,15,21). The molecule has 7 heteroatoms. The number of rotatable bonds is 4. The molecule has 0 amide bonds. The number of aromatic amines is 1. The largest absolute Gasteiger partial charge is 0.374 e. The molecular weight excluding hydrogens is 286 g/mol.